The molecule has 1 aliphatic heterocycles. The van der Waals surface area contributed by atoms with Crippen LogP contribution in [0.25, 0.3) is 4.96 Å². The molecule has 3 rings (SSSR count). The van der Waals surface area contributed by atoms with E-state index in [4.69, 9.17) is 0 Å². The first-order valence-corrected chi connectivity index (χ1v) is 7.39. The van der Waals surface area contributed by atoms with Crippen LogP contribution in [0, 0.1) is 0 Å². The maximum absolute atomic E-state index is 12.7. The van der Waals surface area contributed by atoms with E-state index < -0.39 is 30.8 Å². The third-order valence-electron chi connectivity index (χ3n) is 3.63. The van der Waals surface area contributed by atoms with Gasteiger partial charge in [-0.15, -0.1) is 11.3 Å². The Bertz CT molecular complexity index is 669. The lowest BCUT2D eigenvalue weighted by atomic mass is 10.0. The van der Waals surface area contributed by atoms with Crippen LogP contribution in [0.5, 0.6) is 0 Å². The van der Waals surface area contributed by atoms with Crippen molar-refractivity contribution in [2.24, 2.45) is 0 Å². The number of aliphatic hydroxyl groups is 1. The highest BCUT2D eigenvalue weighted by atomic mass is 32.1. The number of imidazole rings is 1. The van der Waals surface area contributed by atoms with Crippen LogP contribution in [-0.2, 0) is 6.54 Å². The number of alkyl halides is 3. The fourth-order valence-electron chi connectivity index (χ4n) is 2.34. The topological polar surface area (TPSA) is 69.9 Å². The molecule has 1 saturated heterocycles. The van der Waals surface area contributed by atoms with Gasteiger partial charge in [-0.1, -0.05) is 0 Å². The summed E-state index contributed by atoms with van der Waals surface area (Å²) < 4.78 is 39.9. The van der Waals surface area contributed by atoms with E-state index in [1.54, 1.807) is 10.6 Å². The summed E-state index contributed by atoms with van der Waals surface area (Å²) in [5, 5.41) is 13.9. The van der Waals surface area contributed by atoms with Crippen molar-refractivity contribution in [1.82, 2.24) is 19.6 Å². The number of nitrogens with one attached hydrogen (secondary N) is 1. The zero-order valence-corrected chi connectivity index (χ0v) is 12.1. The first-order valence-electron chi connectivity index (χ1n) is 6.51. The third kappa shape index (κ3) is 2.63. The Morgan fingerprint density at radius 1 is 1.55 bits per heavy atom. The fourth-order valence-corrected chi connectivity index (χ4v) is 3.06. The maximum atomic E-state index is 12.7. The van der Waals surface area contributed by atoms with Crippen LogP contribution in [-0.4, -0.2) is 50.3 Å². The summed E-state index contributed by atoms with van der Waals surface area (Å²) in [5.41, 5.74) is -2.20. The molecule has 0 aromatic carbocycles. The Kier molecular flexibility index (Phi) is 3.52. The normalized spacial score (nSPS) is 22.5. The van der Waals surface area contributed by atoms with Gasteiger partial charge < -0.3 is 15.3 Å². The minimum atomic E-state index is -4.74. The average Bonchev–Trinajstić information content (AvgIpc) is 3.09. The van der Waals surface area contributed by atoms with Crippen LogP contribution >= 0.6 is 11.3 Å². The zero-order chi connectivity index (χ0) is 16.0. The largest absolute Gasteiger partial charge is 0.419 e. The predicted octanol–water partition coefficient (Wildman–Crippen LogP) is 1.60. The van der Waals surface area contributed by atoms with Crippen molar-refractivity contribution in [2.45, 2.75) is 24.7 Å². The molecule has 10 heteroatoms. The molecule has 2 aromatic rings. The molecule has 6 nitrogen and oxygen atoms in total. The van der Waals surface area contributed by atoms with Crippen LogP contribution in [0.2, 0.25) is 0 Å². The van der Waals surface area contributed by atoms with Gasteiger partial charge in [0.15, 0.2) is 10.6 Å². The number of β-amino-alcohol motifs (C(OH)–C–C–N with tert-alkyl or cyclic N) is 1. The summed E-state index contributed by atoms with van der Waals surface area (Å²) in [6.45, 7) is -0.769. The number of carbonyl (C=O) groups excluding carboxylic acids is 1. The molecule has 0 bridgehead atoms. The molecule has 22 heavy (non-hydrogen) atoms. The minimum Gasteiger partial charge on any atom is -0.379 e. The number of likely N-dealkylation sites (tertiary alicyclic amines) is 1. The SMILES string of the molecule is O=C(NCc1cn2ccsc2n1)N1CCC(O)(C(F)(F)F)C1. The number of nitrogens with zero attached hydrogens (tertiary/aromatic N) is 3. The molecule has 1 fully saturated rings. The second-order valence-corrected chi connectivity index (χ2v) is 6.06. The number of rotatable bonds is 2. The average molecular weight is 334 g/mol. The molecule has 1 unspecified atom stereocenters. The number of hydrogen-bond donors (Lipinski definition) is 2. The number of aromatic nitrogens is 2. The molecule has 0 spiro atoms. The highest BCUT2D eigenvalue weighted by molar-refractivity contribution is 7.15. The van der Waals surface area contributed by atoms with Crippen LogP contribution in [0.4, 0.5) is 18.0 Å². The Morgan fingerprint density at radius 2 is 2.32 bits per heavy atom. The second-order valence-electron chi connectivity index (χ2n) is 5.18. The minimum absolute atomic E-state index is 0.119. The second kappa shape index (κ2) is 5.13. The van der Waals surface area contributed by atoms with E-state index in [1.165, 1.54) is 11.3 Å². The summed E-state index contributed by atoms with van der Waals surface area (Å²) in [4.78, 5) is 17.9. The maximum Gasteiger partial charge on any atom is 0.419 e. The van der Waals surface area contributed by atoms with E-state index in [0.717, 1.165) is 9.86 Å². The number of halogens is 3. The number of hydrogen-bond acceptors (Lipinski definition) is 4. The van der Waals surface area contributed by atoms with Gasteiger partial charge in [-0.2, -0.15) is 13.2 Å². The van der Waals surface area contributed by atoms with Crippen molar-refractivity contribution in [3.05, 3.63) is 23.5 Å². The number of fused-ring (bicyclic) bond motifs is 1. The van der Waals surface area contributed by atoms with Crippen LogP contribution in [0.3, 0.4) is 0 Å². The lowest BCUT2D eigenvalue weighted by Gasteiger charge is -2.25. The Labute approximate surface area is 127 Å². The van der Waals surface area contributed by atoms with Crippen LogP contribution in [0.1, 0.15) is 12.1 Å². The van der Waals surface area contributed by atoms with Gasteiger partial charge >= 0.3 is 12.2 Å². The number of thiazole rings is 1. The van der Waals surface area contributed by atoms with E-state index in [9.17, 15) is 23.1 Å². The van der Waals surface area contributed by atoms with Crippen molar-refractivity contribution < 1.29 is 23.1 Å². The van der Waals surface area contributed by atoms with Gasteiger partial charge in [0.1, 0.15) is 0 Å². The zero-order valence-electron chi connectivity index (χ0n) is 11.3. The Balaban J connectivity index is 1.58. The van der Waals surface area contributed by atoms with Crippen molar-refractivity contribution >= 4 is 22.3 Å². The fraction of sp³-hybridized carbons (Fsp3) is 0.500. The molecule has 1 aliphatic rings. The predicted molar refractivity (Wildman–Crippen MR) is 72.5 cm³/mol. The summed E-state index contributed by atoms with van der Waals surface area (Å²) in [6, 6.07) is -0.642. The van der Waals surface area contributed by atoms with Gasteiger partial charge in [0, 0.05) is 30.7 Å². The molecule has 2 N–H and O–H groups in total. The molecule has 120 valence electrons. The van der Waals surface area contributed by atoms with Crippen LogP contribution in [0.15, 0.2) is 17.8 Å². The highest BCUT2D eigenvalue weighted by Gasteiger charge is 2.57. The lowest BCUT2D eigenvalue weighted by molar-refractivity contribution is -0.253. The summed E-state index contributed by atoms with van der Waals surface area (Å²) in [6.07, 6.45) is -1.69. The van der Waals surface area contributed by atoms with Gasteiger partial charge in [0.2, 0.25) is 0 Å². The first kappa shape index (κ1) is 15.1. The van der Waals surface area contributed by atoms with Crippen molar-refractivity contribution in [2.75, 3.05) is 13.1 Å². The van der Waals surface area contributed by atoms with E-state index in [1.807, 2.05) is 11.6 Å². The molecule has 0 saturated carbocycles. The van der Waals surface area contributed by atoms with E-state index in [-0.39, 0.29) is 13.1 Å². The van der Waals surface area contributed by atoms with Crippen molar-refractivity contribution in [1.29, 1.82) is 0 Å². The molecule has 0 radical (unpaired) electrons. The molecular weight excluding hydrogens is 321 g/mol. The Morgan fingerprint density at radius 3 is 2.95 bits per heavy atom. The van der Waals surface area contributed by atoms with Gasteiger partial charge in [0.05, 0.1) is 18.8 Å². The summed E-state index contributed by atoms with van der Waals surface area (Å²) >= 11 is 1.44. The highest BCUT2D eigenvalue weighted by Crippen LogP contribution is 2.37. The quantitative estimate of drug-likeness (QED) is 0.877. The van der Waals surface area contributed by atoms with E-state index >= 15 is 0 Å². The number of carbonyl (C=O) groups is 1. The van der Waals surface area contributed by atoms with Gasteiger partial charge in [0.25, 0.3) is 0 Å². The number of urea groups is 1. The van der Waals surface area contributed by atoms with E-state index in [2.05, 4.69) is 10.3 Å². The molecular formula is C12H13F3N4O2S. The van der Waals surface area contributed by atoms with E-state index in [0.29, 0.717) is 5.69 Å². The first-order chi connectivity index (χ1) is 10.3. The summed E-state index contributed by atoms with van der Waals surface area (Å²) in [5.74, 6) is 0. The molecule has 2 aromatic heterocycles. The van der Waals surface area contributed by atoms with Crippen molar-refractivity contribution in [3.8, 4) is 0 Å². The third-order valence-corrected chi connectivity index (χ3v) is 4.40. The number of amides is 2. The van der Waals surface area contributed by atoms with Gasteiger partial charge in [-0.25, -0.2) is 9.78 Å². The summed E-state index contributed by atoms with van der Waals surface area (Å²) in [7, 11) is 0. The standard InChI is InChI=1S/C12H13F3N4O2S/c13-12(14,15)11(21)1-2-19(7-11)9(20)16-5-8-6-18-3-4-22-10(18)17-8/h3-4,6,21H,1-2,5,7H2,(H,16,20). The van der Waals surface area contributed by atoms with Crippen LogP contribution < -0.4 is 5.32 Å². The monoisotopic (exact) mass is 334 g/mol. The van der Waals surface area contributed by atoms with Gasteiger partial charge in [-0.05, 0) is 0 Å². The van der Waals surface area contributed by atoms with Gasteiger partial charge in [-0.3, -0.25) is 4.40 Å². The smallest absolute Gasteiger partial charge is 0.379 e. The molecule has 1 atom stereocenters. The van der Waals surface area contributed by atoms with Crippen molar-refractivity contribution in [3.63, 3.8) is 0 Å². The lowest BCUT2D eigenvalue weighted by Crippen LogP contribution is -2.49. The molecule has 0 aliphatic carbocycles. The Hall–Kier alpha value is -1.81. The molecule has 3 heterocycles. The molecule has 2 amide bonds.